The second-order valence-corrected chi connectivity index (χ2v) is 7.81. The Hall–Kier alpha value is -2.36. The number of tetrazole rings is 1. The van der Waals surface area contributed by atoms with Crippen LogP contribution in [0, 0.1) is 5.82 Å². The third kappa shape index (κ3) is 3.42. The molecule has 128 valence electrons. The molecule has 0 N–H and O–H groups in total. The molecule has 1 fully saturated rings. The number of carbonyl (C=O) groups is 1. The maximum absolute atomic E-state index is 13.0. The van der Waals surface area contributed by atoms with Crippen LogP contribution in [0.15, 0.2) is 35.5 Å². The number of amides is 1. The van der Waals surface area contributed by atoms with Crippen LogP contribution in [-0.2, 0) is 21.2 Å². The fourth-order valence-electron chi connectivity index (χ4n) is 2.72. The number of halogens is 1. The second kappa shape index (κ2) is 6.63. The molecule has 1 aliphatic heterocycles. The van der Waals surface area contributed by atoms with Crippen molar-refractivity contribution in [3.63, 3.8) is 0 Å². The first-order chi connectivity index (χ1) is 11.5. The number of rotatable bonds is 4. The number of aromatic nitrogens is 4. The molecule has 0 atom stereocenters. The SMILES string of the molecule is O=C(Cn1cnnn1)N1CCC(S(=O)(=O)c2ccc(F)cc2)CC1. The van der Waals surface area contributed by atoms with E-state index in [-0.39, 0.29) is 17.3 Å². The smallest absolute Gasteiger partial charge is 0.244 e. The summed E-state index contributed by atoms with van der Waals surface area (Å²) in [7, 11) is -3.52. The minimum absolute atomic E-state index is 0.0301. The lowest BCUT2D eigenvalue weighted by molar-refractivity contribution is -0.132. The van der Waals surface area contributed by atoms with Gasteiger partial charge in [0.1, 0.15) is 18.7 Å². The average molecular weight is 353 g/mol. The third-order valence-electron chi connectivity index (χ3n) is 4.06. The molecule has 8 nitrogen and oxygen atoms in total. The van der Waals surface area contributed by atoms with Crippen molar-refractivity contribution in [2.45, 2.75) is 29.5 Å². The van der Waals surface area contributed by atoms with Crippen LogP contribution in [0.25, 0.3) is 0 Å². The zero-order valence-electron chi connectivity index (χ0n) is 12.7. The summed E-state index contributed by atoms with van der Waals surface area (Å²) in [6.07, 6.45) is 2.05. The van der Waals surface area contributed by atoms with Gasteiger partial charge in [0.25, 0.3) is 0 Å². The second-order valence-electron chi connectivity index (χ2n) is 5.59. The number of nitrogens with zero attached hydrogens (tertiary/aromatic N) is 5. The van der Waals surface area contributed by atoms with Crippen LogP contribution in [0.1, 0.15) is 12.8 Å². The third-order valence-corrected chi connectivity index (χ3v) is 6.34. The van der Waals surface area contributed by atoms with Crippen molar-refractivity contribution in [3.8, 4) is 0 Å². The van der Waals surface area contributed by atoms with Gasteiger partial charge in [-0.15, -0.1) is 5.10 Å². The Bertz CT molecular complexity index is 799. The van der Waals surface area contributed by atoms with Crippen molar-refractivity contribution in [2.24, 2.45) is 0 Å². The lowest BCUT2D eigenvalue weighted by atomic mass is 10.1. The van der Waals surface area contributed by atoms with E-state index in [2.05, 4.69) is 15.5 Å². The van der Waals surface area contributed by atoms with E-state index >= 15 is 0 Å². The highest BCUT2D eigenvalue weighted by Gasteiger charge is 2.32. The van der Waals surface area contributed by atoms with E-state index in [4.69, 9.17) is 0 Å². The van der Waals surface area contributed by atoms with Crippen molar-refractivity contribution in [1.29, 1.82) is 0 Å². The van der Waals surface area contributed by atoms with Crippen molar-refractivity contribution in [2.75, 3.05) is 13.1 Å². The quantitative estimate of drug-likeness (QED) is 0.732. The maximum Gasteiger partial charge on any atom is 0.244 e. The molecular weight excluding hydrogens is 337 g/mol. The van der Waals surface area contributed by atoms with E-state index in [1.54, 1.807) is 4.90 Å². The Morgan fingerprint density at radius 1 is 1.21 bits per heavy atom. The molecule has 1 saturated heterocycles. The van der Waals surface area contributed by atoms with Gasteiger partial charge in [-0.1, -0.05) is 0 Å². The van der Waals surface area contributed by atoms with Crippen LogP contribution >= 0.6 is 0 Å². The summed E-state index contributed by atoms with van der Waals surface area (Å²) in [6, 6.07) is 4.83. The molecule has 0 unspecified atom stereocenters. The van der Waals surface area contributed by atoms with E-state index in [9.17, 15) is 17.6 Å². The molecule has 1 amide bonds. The van der Waals surface area contributed by atoms with Crippen LogP contribution < -0.4 is 0 Å². The van der Waals surface area contributed by atoms with Gasteiger partial charge < -0.3 is 4.90 Å². The van der Waals surface area contributed by atoms with E-state index in [1.165, 1.54) is 23.1 Å². The Kier molecular flexibility index (Phi) is 4.56. The Balaban J connectivity index is 1.62. The first kappa shape index (κ1) is 16.5. The molecule has 2 heterocycles. The number of likely N-dealkylation sites (tertiary alicyclic amines) is 1. The summed E-state index contributed by atoms with van der Waals surface area (Å²) < 4.78 is 39.4. The molecular formula is C14H16FN5O3S. The zero-order valence-corrected chi connectivity index (χ0v) is 13.6. The van der Waals surface area contributed by atoms with Crippen molar-refractivity contribution >= 4 is 15.7 Å². The Morgan fingerprint density at radius 3 is 2.46 bits per heavy atom. The van der Waals surface area contributed by atoms with Gasteiger partial charge in [0.2, 0.25) is 5.91 Å². The van der Waals surface area contributed by atoms with Gasteiger partial charge in [0, 0.05) is 13.1 Å². The number of benzene rings is 1. The summed E-state index contributed by atoms with van der Waals surface area (Å²) in [5, 5.41) is 9.98. The summed E-state index contributed by atoms with van der Waals surface area (Å²) in [5.41, 5.74) is 0. The highest BCUT2D eigenvalue weighted by molar-refractivity contribution is 7.92. The van der Waals surface area contributed by atoms with Gasteiger partial charge >= 0.3 is 0 Å². The number of piperidine rings is 1. The van der Waals surface area contributed by atoms with Gasteiger partial charge in [0.15, 0.2) is 9.84 Å². The standard InChI is InChI=1S/C14H16FN5O3S/c15-11-1-3-12(4-2-11)24(22,23)13-5-7-19(8-6-13)14(21)9-20-10-16-17-18-20/h1-4,10,13H,5-9H2. The topological polar surface area (TPSA) is 98.1 Å². The highest BCUT2D eigenvalue weighted by atomic mass is 32.2. The molecule has 0 saturated carbocycles. The number of hydrogen-bond acceptors (Lipinski definition) is 6. The highest BCUT2D eigenvalue weighted by Crippen LogP contribution is 2.25. The van der Waals surface area contributed by atoms with E-state index in [0.29, 0.717) is 25.9 Å². The van der Waals surface area contributed by atoms with Gasteiger partial charge in [-0.05, 0) is 47.5 Å². The molecule has 0 radical (unpaired) electrons. The lowest BCUT2D eigenvalue weighted by Crippen LogP contribution is -2.43. The summed E-state index contributed by atoms with van der Waals surface area (Å²) in [5.74, 6) is -0.628. The minimum atomic E-state index is -3.52. The zero-order chi connectivity index (χ0) is 17.2. The molecule has 0 spiro atoms. The predicted molar refractivity (Wildman–Crippen MR) is 81.0 cm³/mol. The normalized spacial score (nSPS) is 16.3. The van der Waals surface area contributed by atoms with E-state index < -0.39 is 20.9 Å². The van der Waals surface area contributed by atoms with Crippen LogP contribution in [0.3, 0.4) is 0 Å². The van der Waals surface area contributed by atoms with Crippen LogP contribution in [0.2, 0.25) is 0 Å². The molecule has 0 aliphatic carbocycles. The number of carbonyl (C=O) groups excluding carboxylic acids is 1. The summed E-state index contributed by atoms with van der Waals surface area (Å²) in [6.45, 7) is 0.737. The van der Waals surface area contributed by atoms with Crippen molar-refractivity contribution in [3.05, 3.63) is 36.4 Å². The molecule has 10 heteroatoms. The summed E-state index contributed by atoms with van der Waals surface area (Å²) in [4.78, 5) is 13.9. The first-order valence-electron chi connectivity index (χ1n) is 7.45. The largest absolute Gasteiger partial charge is 0.341 e. The van der Waals surface area contributed by atoms with Crippen molar-refractivity contribution in [1.82, 2.24) is 25.1 Å². The number of sulfone groups is 1. The van der Waals surface area contributed by atoms with Crippen LogP contribution in [0.4, 0.5) is 4.39 Å². The van der Waals surface area contributed by atoms with E-state index in [0.717, 1.165) is 12.1 Å². The van der Waals surface area contributed by atoms with Crippen LogP contribution in [-0.4, -0.2) is 57.8 Å². The lowest BCUT2D eigenvalue weighted by Gasteiger charge is -2.31. The van der Waals surface area contributed by atoms with Crippen LogP contribution in [0.5, 0.6) is 0 Å². The van der Waals surface area contributed by atoms with Crippen molar-refractivity contribution < 1.29 is 17.6 Å². The molecule has 1 aliphatic rings. The maximum atomic E-state index is 13.0. The molecule has 24 heavy (non-hydrogen) atoms. The molecule has 1 aromatic heterocycles. The fraction of sp³-hybridized carbons (Fsp3) is 0.429. The van der Waals surface area contributed by atoms with Gasteiger partial charge in [-0.2, -0.15) is 0 Å². The molecule has 0 bridgehead atoms. The van der Waals surface area contributed by atoms with E-state index in [1.807, 2.05) is 0 Å². The van der Waals surface area contributed by atoms with Gasteiger partial charge in [-0.25, -0.2) is 17.5 Å². The monoisotopic (exact) mass is 353 g/mol. The molecule has 3 rings (SSSR count). The number of hydrogen-bond donors (Lipinski definition) is 0. The average Bonchev–Trinajstić information content (AvgIpc) is 3.08. The Labute approximate surface area is 138 Å². The fourth-order valence-corrected chi connectivity index (χ4v) is 4.46. The predicted octanol–water partition coefficient (Wildman–Crippen LogP) is 0.277. The van der Waals surface area contributed by atoms with Gasteiger partial charge in [-0.3, -0.25) is 4.79 Å². The molecule has 2 aromatic rings. The minimum Gasteiger partial charge on any atom is -0.341 e. The molecule has 1 aromatic carbocycles. The first-order valence-corrected chi connectivity index (χ1v) is 8.99. The van der Waals surface area contributed by atoms with Gasteiger partial charge in [0.05, 0.1) is 10.1 Å². The Morgan fingerprint density at radius 2 is 1.88 bits per heavy atom. The summed E-state index contributed by atoms with van der Waals surface area (Å²) >= 11 is 0.